The lowest BCUT2D eigenvalue weighted by Crippen LogP contribution is -2.26. The summed E-state index contributed by atoms with van der Waals surface area (Å²) < 4.78 is 0. The molecule has 0 saturated carbocycles. The van der Waals surface area contributed by atoms with Gasteiger partial charge in [-0.05, 0) is 30.2 Å². The zero-order valence-electron chi connectivity index (χ0n) is 12.0. The van der Waals surface area contributed by atoms with E-state index >= 15 is 0 Å². The monoisotopic (exact) mass is 285 g/mol. The van der Waals surface area contributed by atoms with Crippen molar-refractivity contribution in [2.24, 2.45) is 5.73 Å². The van der Waals surface area contributed by atoms with Gasteiger partial charge in [-0.3, -0.25) is 4.79 Å². The molecule has 0 atom stereocenters. The Morgan fingerprint density at radius 3 is 2.52 bits per heavy atom. The van der Waals surface area contributed by atoms with Crippen LogP contribution in [0.25, 0.3) is 0 Å². The van der Waals surface area contributed by atoms with E-state index in [9.17, 15) is 4.79 Å². The molecule has 0 fully saturated rings. The third-order valence-corrected chi connectivity index (χ3v) is 3.14. The fraction of sp³-hybridized carbons (Fsp3) is 0.267. The van der Waals surface area contributed by atoms with Gasteiger partial charge in [0.05, 0.1) is 0 Å². The van der Waals surface area contributed by atoms with Crippen molar-refractivity contribution in [1.29, 1.82) is 0 Å². The summed E-state index contributed by atoms with van der Waals surface area (Å²) in [5.74, 6) is 0.119. The summed E-state index contributed by atoms with van der Waals surface area (Å²) in [5.41, 5.74) is 13.1. The van der Waals surface area contributed by atoms with E-state index in [2.05, 4.69) is 22.0 Å². The second kappa shape index (κ2) is 6.69. The maximum atomic E-state index is 11.0. The van der Waals surface area contributed by atoms with Crippen molar-refractivity contribution in [2.45, 2.75) is 19.9 Å². The smallest absolute Gasteiger partial charge is 0.269 e. The number of nitrogens with two attached hydrogens (primary N) is 2. The minimum Gasteiger partial charge on any atom is -0.398 e. The van der Waals surface area contributed by atoms with Crippen LogP contribution >= 0.6 is 0 Å². The van der Waals surface area contributed by atoms with Crippen LogP contribution in [-0.4, -0.2) is 22.6 Å². The molecule has 1 amide bonds. The minimum absolute atomic E-state index is 0.162. The highest BCUT2D eigenvalue weighted by Crippen LogP contribution is 2.18. The first kappa shape index (κ1) is 14.8. The molecule has 0 bridgehead atoms. The third kappa shape index (κ3) is 3.68. The van der Waals surface area contributed by atoms with Crippen molar-refractivity contribution in [2.75, 3.05) is 17.2 Å². The molecule has 0 unspecified atom stereocenters. The van der Waals surface area contributed by atoms with E-state index in [-0.39, 0.29) is 5.69 Å². The molecule has 2 aromatic rings. The number of hydrogen-bond acceptors (Lipinski definition) is 5. The summed E-state index contributed by atoms with van der Waals surface area (Å²) in [4.78, 5) is 13.1. The fourth-order valence-electron chi connectivity index (χ4n) is 2.05. The lowest BCUT2D eigenvalue weighted by molar-refractivity contribution is 0.0994. The van der Waals surface area contributed by atoms with Crippen LogP contribution < -0.4 is 16.4 Å². The zero-order valence-corrected chi connectivity index (χ0v) is 12.0. The Hall–Kier alpha value is -2.63. The standard InChI is InChI=1S/C15H19N5O/c1-2-9-20(10-11-5-3-4-6-12(11)16)14-8-7-13(15(17)21)18-19-14/h3-8H,2,9-10,16H2,1H3,(H2,17,21). The van der Waals surface area contributed by atoms with Gasteiger partial charge in [0.2, 0.25) is 0 Å². The van der Waals surface area contributed by atoms with Gasteiger partial charge in [-0.2, -0.15) is 0 Å². The number of para-hydroxylation sites is 1. The quantitative estimate of drug-likeness (QED) is 0.785. The topological polar surface area (TPSA) is 98.1 Å². The van der Waals surface area contributed by atoms with Gasteiger partial charge in [-0.1, -0.05) is 25.1 Å². The molecule has 1 aromatic heterocycles. The normalized spacial score (nSPS) is 10.3. The number of hydrogen-bond donors (Lipinski definition) is 2. The van der Waals surface area contributed by atoms with Crippen LogP contribution in [0, 0.1) is 0 Å². The Morgan fingerprint density at radius 1 is 1.19 bits per heavy atom. The van der Waals surface area contributed by atoms with Crippen molar-refractivity contribution in [3.63, 3.8) is 0 Å². The van der Waals surface area contributed by atoms with E-state index < -0.39 is 5.91 Å². The van der Waals surface area contributed by atoms with Gasteiger partial charge in [-0.15, -0.1) is 10.2 Å². The molecule has 1 aromatic carbocycles. The largest absolute Gasteiger partial charge is 0.398 e. The Kier molecular flexibility index (Phi) is 4.71. The molecule has 0 saturated heterocycles. The molecule has 6 heteroatoms. The van der Waals surface area contributed by atoms with E-state index in [4.69, 9.17) is 11.5 Å². The van der Waals surface area contributed by atoms with Crippen LogP contribution in [0.2, 0.25) is 0 Å². The lowest BCUT2D eigenvalue weighted by Gasteiger charge is -2.23. The van der Waals surface area contributed by atoms with Crippen molar-refractivity contribution in [3.8, 4) is 0 Å². The maximum absolute atomic E-state index is 11.0. The first-order chi connectivity index (χ1) is 10.1. The van der Waals surface area contributed by atoms with Crippen LogP contribution in [0.15, 0.2) is 36.4 Å². The van der Waals surface area contributed by atoms with Crippen LogP contribution in [0.1, 0.15) is 29.4 Å². The Bertz CT molecular complexity index is 612. The van der Waals surface area contributed by atoms with Gasteiger partial charge in [0.25, 0.3) is 5.91 Å². The molecule has 110 valence electrons. The number of nitrogen functional groups attached to an aromatic ring is 1. The van der Waals surface area contributed by atoms with E-state index in [0.717, 1.165) is 24.2 Å². The predicted octanol–water partition coefficient (Wildman–Crippen LogP) is 1.57. The molecule has 6 nitrogen and oxygen atoms in total. The van der Waals surface area contributed by atoms with Gasteiger partial charge in [0.1, 0.15) is 0 Å². The molecule has 0 aliphatic heterocycles. The number of aromatic nitrogens is 2. The van der Waals surface area contributed by atoms with E-state index in [1.165, 1.54) is 0 Å². The van der Waals surface area contributed by atoms with Gasteiger partial charge in [0.15, 0.2) is 11.5 Å². The summed E-state index contributed by atoms with van der Waals surface area (Å²) in [6, 6.07) is 11.1. The van der Waals surface area contributed by atoms with Gasteiger partial charge in [0, 0.05) is 18.8 Å². The van der Waals surface area contributed by atoms with Crippen LogP contribution in [0.4, 0.5) is 11.5 Å². The molecule has 0 spiro atoms. The molecular weight excluding hydrogens is 266 g/mol. The molecule has 0 radical (unpaired) electrons. The molecule has 4 N–H and O–H groups in total. The van der Waals surface area contributed by atoms with Crippen molar-refractivity contribution in [3.05, 3.63) is 47.7 Å². The molecular formula is C15H19N5O. The maximum Gasteiger partial charge on any atom is 0.269 e. The Labute approximate surface area is 123 Å². The number of carbonyl (C=O) groups excluding carboxylic acids is 1. The van der Waals surface area contributed by atoms with Gasteiger partial charge < -0.3 is 16.4 Å². The van der Waals surface area contributed by atoms with E-state index in [1.54, 1.807) is 12.1 Å². The second-order valence-corrected chi connectivity index (χ2v) is 4.76. The lowest BCUT2D eigenvalue weighted by atomic mass is 10.1. The predicted molar refractivity (Wildman–Crippen MR) is 82.7 cm³/mol. The SMILES string of the molecule is CCCN(Cc1ccccc1N)c1ccc(C(N)=O)nn1. The van der Waals surface area contributed by atoms with E-state index in [1.807, 2.05) is 24.3 Å². The Morgan fingerprint density at radius 2 is 1.95 bits per heavy atom. The van der Waals surface area contributed by atoms with Gasteiger partial charge in [-0.25, -0.2) is 0 Å². The highest BCUT2D eigenvalue weighted by atomic mass is 16.1. The summed E-state index contributed by atoms with van der Waals surface area (Å²) in [5, 5.41) is 7.93. The molecule has 0 aliphatic rings. The summed E-state index contributed by atoms with van der Waals surface area (Å²) >= 11 is 0. The zero-order chi connectivity index (χ0) is 15.2. The van der Waals surface area contributed by atoms with E-state index in [0.29, 0.717) is 12.4 Å². The number of anilines is 2. The first-order valence-electron chi connectivity index (χ1n) is 6.83. The number of amides is 1. The number of benzene rings is 1. The van der Waals surface area contributed by atoms with Crippen molar-refractivity contribution < 1.29 is 4.79 Å². The van der Waals surface area contributed by atoms with Crippen LogP contribution in [-0.2, 0) is 6.54 Å². The summed E-state index contributed by atoms with van der Waals surface area (Å²) in [6.45, 7) is 3.55. The number of carbonyl (C=O) groups is 1. The molecule has 2 rings (SSSR count). The second-order valence-electron chi connectivity index (χ2n) is 4.76. The average Bonchev–Trinajstić information content (AvgIpc) is 2.49. The molecule has 0 aliphatic carbocycles. The molecule has 21 heavy (non-hydrogen) atoms. The Balaban J connectivity index is 2.22. The highest BCUT2D eigenvalue weighted by molar-refractivity contribution is 5.90. The van der Waals surface area contributed by atoms with Crippen LogP contribution in [0.3, 0.4) is 0 Å². The average molecular weight is 285 g/mol. The summed E-state index contributed by atoms with van der Waals surface area (Å²) in [6.07, 6.45) is 0.964. The van der Waals surface area contributed by atoms with Crippen LogP contribution in [0.5, 0.6) is 0 Å². The minimum atomic E-state index is -0.580. The van der Waals surface area contributed by atoms with Crippen molar-refractivity contribution >= 4 is 17.4 Å². The number of primary amides is 1. The number of nitrogens with zero attached hydrogens (tertiary/aromatic N) is 3. The third-order valence-electron chi connectivity index (χ3n) is 3.14. The highest BCUT2D eigenvalue weighted by Gasteiger charge is 2.11. The van der Waals surface area contributed by atoms with Gasteiger partial charge >= 0.3 is 0 Å². The summed E-state index contributed by atoms with van der Waals surface area (Å²) in [7, 11) is 0. The van der Waals surface area contributed by atoms with Crippen molar-refractivity contribution in [1.82, 2.24) is 10.2 Å². The first-order valence-corrected chi connectivity index (χ1v) is 6.83. The molecule has 1 heterocycles. The fourth-order valence-corrected chi connectivity index (χ4v) is 2.05. The number of rotatable bonds is 6.